The Kier molecular flexibility index (Phi) is 3.60. The standard InChI is InChI=1S/C15H18N2O4S/c1-17-12-4-3-5-14(21-2)11(12)8-13(17)15(18)16-10-6-7-22(19,20)9-10/h3-5,8,10H,6-7,9H2,1-2H3,(H,16,18). The van der Waals surface area contributed by atoms with Gasteiger partial charge in [-0.05, 0) is 24.6 Å². The molecule has 2 heterocycles. The van der Waals surface area contributed by atoms with Crippen LogP contribution in [0.15, 0.2) is 24.3 Å². The highest BCUT2D eigenvalue weighted by atomic mass is 32.2. The zero-order chi connectivity index (χ0) is 15.9. The fraction of sp³-hybridized carbons (Fsp3) is 0.400. The predicted octanol–water partition coefficient (Wildman–Crippen LogP) is 1.10. The van der Waals surface area contributed by atoms with Crippen molar-refractivity contribution >= 4 is 26.6 Å². The maximum Gasteiger partial charge on any atom is 0.268 e. The van der Waals surface area contributed by atoms with Gasteiger partial charge in [0.15, 0.2) is 9.84 Å². The van der Waals surface area contributed by atoms with E-state index in [1.807, 2.05) is 25.2 Å². The Morgan fingerprint density at radius 1 is 1.41 bits per heavy atom. The summed E-state index contributed by atoms with van der Waals surface area (Å²) in [4.78, 5) is 12.4. The van der Waals surface area contributed by atoms with Crippen LogP contribution in [-0.4, -0.2) is 43.5 Å². The van der Waals surface area contributed by atoms with E-state index in [2.05, 4.69) is 5.32 Å². The van der Waals surface area contributed by atoms with Crippen LogP contribution < -0.4 is 10.1 Å². The van der Waals surface area contributed by atoms with Crippen molar-refractivity contribution in [2.75, 3.05) is 18.6 Å². The summed E-state index contributed by atoms with van der Waals surface area (Å²) in [5, 5.41) is 3.67. The second-order valence-electron chi connectivity index (χ2n) is 5.56. The van der Waals surface area contributed by atoms with Crippen LogP contribution in [0.1, 0.15) is 16.9 Å². The molecule has 0 aliphatic carbocycles. The van der Waals surface area contributed by atoms with Crippen LogP contribution in [0.3, 0.4) is 0 Å². The van der Waals surface area contributed by atoms with Gasteiger partial charge in [0.2, 0.25) is 0 Å². The van der Waals surface area contributed by atoms with Crippen molar-refractivity contribution in [1.82, 2.24) is 9.88 Å². The SMILES string of the molecule is COc1cccc2c1cc(C(=O)NC1CCS(=O)(=O)C1)n2C. The summed E-state index contributed by atoms with van der Waals surface area (Å²) >= 11 is 0. The maximum atomic E-state index is 12.4. The molecule has 1 atom stereocenters. The molecule has 1 aliphatic rings. The lowest BCUT2D eigenvalue weighted by Crippen LogP contribution is -2.36. The van der Waals surface area contributed by atoms with Crippen molar-refractivity contribution < 1.29 is 17.9 Å². The lowest BCUT2D eigenvalue weighted by molar-refractivity contribution is 0.0933. The number of aryl methyl sites for hydroxylation is 1. The minimum atomic E-state index is -3.01. The van der Waals surface area contributed by atoms with Gasteiger partial charge >= 0.3 is 0 Å². The van der Waals surface area contributed by atoms with Gasteiger partial charge in [0, 0.05) is 18.5 Å². The molecule has 6 nitrogen and oxygen atoms in total. The molecule has 2 aromatic rings. The first kappa shape index (κ1) is 14.9. The summed E-state index contributed by atoms with van der Waals surface area (Å²) in [7, 11) is 0.386. The maximum absolute atomic E-state index is 12.4. The van der Waals surface area contributed by atoms with E-state index in [4.69, 9.17) is 4.74 Å². The van der Waals surface area contributed by atoms with Crippen LogP contribution in [0.5, 0.6) is 5.75 Å². The van der Waals surface area contributed by atoms with Crippen molar-refractivity contribution in [1.29, 1.82) is 0 Å². The summed E-state index contributed by atoms with van der Waals surface area (Å²) in [5.41, 5.74) is 1.38. The van der Waals surface area contributed by atoms with E-state index in [0.717, 1.165) is 10.9 Å². The molecule has 1 unspecified atom stereocenters. The Labute approximate surface area is 129 Å². The van der Waals surface area contributed by atoms with Gasteiger partial charge in [-0.1, -0.05) is 6.07 Å². The van der Waals surface area contributed by atoms with Crippen LogP contribution in [0.4, 0.5) is 0 Å². The van der Waals surface area contributed by atoms with Crippen molar-refractivity contribution in [3.63, 3.8) is 0 Å². The second-order valence-corrected chi connectivity index (χ2v) is 7.78. The zero-order valence-corrected chi connectivity index (χ0v) is 13.3. The number of hydrogen-bond donors (Lipinski definition) is 1. The number of carbonyl (C=O) groups excluding carboxylic acids is 1. The first-order chi connectivity index (χ1) is 10.4. The van der Waals surface area contributed by atoms with E-state index in [0.29, 0.717) is 17.9 Å². The molecular weight excluding hydrogens is 304 g/mol. The number of methoxy groups -OCH3 is 1. The normalized spacial score (nSPS) is 20.2. The smallest absolute Gasteiger partial charge is 0.268 e. The molecule has 118 valence electrons. The van der Waals surface area contributed by atoms with Gasteiger partial charge in [-0.25, -0.2) is 8.42 Å². The fourth-order valence-electron chi connectivity index (χ4n) is 2.90. The van der Waals surface area contributed by atoms with Crippen molar-refractivity contribution in [2.24, 2.45) is 7.05 Å². The lowest BCUT2D eigenvalue weighted by Gasteiger charge is -2.11. The first-order valence-electron chi connectivity index (χ1n) is 7.05. The Balaban J connectivity index is 1.90. The minimum absolute atomic E-state index is 0.0198. The number of ether oxygens (including phenoxy) is 1. The van der Waals surface area contributed by atoms with E-state index < -0.39 is 9.84 Å². The molecule has 1 aromatic heterocycles. The van der Waals surface area contributed by atoms with Gasteiger partial charge in [0.05, 0.1) is 24.1 Å². The Morgan fingerprint density at radius 3 is 2.82 bits per heavy atom. The average molecular weight is 322 g/mol. The van der Waals surface area contributed by atoms with E-state index >= 15 is 0 Å². The highest BCUT2D eigenvalue weighted by Gasteiger charge is 2.29. The number of nitrogens with zero attached hydrogens (tertiary/aromatic N) is 1. The third kappa shape index (κ3) is 2.56. The highest BCUT2D eigenvalue weighted by Crippen LogP contribution is 2.28. The van der Waals surface area contributed by atoms with Crippen molar-refractivity contribution in [2.45, 2.75) is 12.5 Å². The van der Waals surface area contributed by atoms with Gasteiger partial charge in [-0.15, -0.1) is 0 Å². The molecule has 1 N–H and O–H groups in total. The largest absolute Gasteiger partial charge is 0.496 e. The third-order valence-electron chi connectivity index (χ3n) is 4.07. The molecule has 0 saturated carbocycles. The van der Waals surface area contributed by atoms with E-state index in [1.165, 1.54) is 0 Å². The van der Waals surface area contributed by atoms with E-state index in [-0.39, 0.29) is 23.5 Å². The number of nitrogens with one attached hydrogen (secondary N) is 1. The fourth-order valence-corrected chi connectivity index (χ4v) is 4.57. The number of fused-ring (bicyclic) bond motifs is 1. The number of benzene rings is 1. The molecule has 0 radical (unpaired) electrons. The third-order valence-corrected chi connectivity index (χ3v) is 5.84. The molecule has 0 bridgehead atoms. The highest BCUT2D eigenvalue weighted by molar-refractivity contribution is 7.91. The molecule has 1 fully saturated rings. The second kappa shape index (κ2) is 5.31. The summed E-state index contributed by atoms with van der Waals surface area (Å²) in [5.74, 6) is 0.603. The summed E-state index contributed by atoms with van der Waals surface area (Å²) in [6.07, 6.45) is 0.474. The number of rotatable bonds is 3. The van der Waals surface area contributed by atoms with Gasteiger partial charge in [-0.2, -0.15) is 0 Å². The molecule has 1 amide bonds. The van der Waals surface area contributed by atoms with E-state index in [9.17, 15) is 13.2 Å². The van der Waals surface area contributed by atoms with Crippen LogP contribution in [0.2, 0.25) is 0 Å². The quantitative estimate of drug-likeness (QED) is 0.918. The number of carbonyl (C=O) groups is 1. The van der Waals surface area contributed by atoms with Crippen LogP contribution in [0, 0.1) is 0 Å². The molecule has 1 aromatic carbocycles. The molecular formula is C15H18N2O4S. The van der Waals surface area contributed by atoms with Gasteiger partial charge in [0.25, 0.3) is 5.91 Å². The topological polar surface area (TPSA) is 77.4 Å². The van der Waals surface area contributed by atoms with Crippen LogP contribution in [-0.2, 0) is 16.9 Å². The zero-order valence-electron chi connectivity index (χ0n) is 12.5. The lowest BCUT2D eigenvalue weighted by atomic mass is 10.2. The van der Waals surface area contributed by atoms with Crippen molar-refractivity contribution in [3.8, 4) is 5.75 Å². The monoisotopic (exact) mass is 322 g/mol. The first-order valence-corrected chi connectivity index (χ1v) is 8.87. The molecule has 22 heavy (non-hydrogen) atoms. The summed E-state index contributed by atoms with van der Waals surface area (Å²) < 4.78 is 30.1. The van der Waals surface area contributed by atoms with Gasteiger partial charge in [0.1, 0.15) is 11.4 Å². The predicted molar refractivity (Wildman–Crippen MR) is 84.0 cm³/mol. The summed E-state index contributed by atoms with van der Waals surface area (Å²) in [6, 6.07) is 7.08. The van der Waals surface area contributed by atoms with Gasteiger partial charge in [-0.3, -0.25) is 4.79 Å². The van der Waals surface area contributed by atoms with Crippen LogP contribution >= 0.6 is 0 Å². The number of sulfone groups is 1. The van der Waals surface area contributed by atoms with Crippen LogP contribution in [0.25, 0.3) is 10.9 Å². The van der Waals surface area contributed by atoms with E-state index in [1.54, 1.807) is 17.7 Å². The Hall–Kier alpha value is -2.02. The molecule has 1 aliphatic heterocycles. The number of aromatic nitrogens is 1. The molecule has 1 saturated heterocycles. The Bertz CT molecular complexity index is 839. The number of hydrogen-bond acceptors (Lipinski definition) is 4. The van der Waals surface area contributed by atoms with Gasteiger partial charge < -0.3 is 14.6 Å². The van der Waals surface area contributed by atoms with Crippen molar-refractivity contribution in [3.05, 3.63) is 30.0 Å². The Morgan fingerprint density at radius 2 is 2.18 bits per heavy atom. The molecule has 7 heteroatoms. The average Bonchev–Trinajstić information content (AvgIpc) is 2.99. The molecule has 3 rings (SSSR count). The summed E-state index contributed by atoms with van der Waals surface area (Å²) in [6.45, 7) is 0. The minimum Gasteiger partial charge on any atom is -0.496 e. The molecule has 0 spiro atoms. The number of amides is 1.